The monoisotopic (exact) mass is 156 g/mol. The maximum atomic E-state index is 5.37. The number of rotatable bonds is 2. The Labute approximate surface area is 68.9 Å². The van der Waals surface area contributed by atoms with Gasteiger partial charge in [0.15, 0.2) is 19.6 Å². The van der Waals surface area contributed by atoms with Gasteiger partial charge in [0.2, 0.25) is 6.10 Å². The average molecular weight is 156 g/mol. The second kappa shape index (κ2) is 3.88. The van der Waals surface area contributed by atoms with Crippen molar-refractivity contribution in [1.82, 2.24) is 0 Å². The van der Waals surface area contributed by atoms with Gasteiger partial charge in [-0.3, -0.25) is 4.74 Å². The quantitative estimate of drug-likeness (QED) is 0.568. The fraction of sp³-hybridized carbons (Fsp3) is 0.778. The topological polar surface area (TPSA) is 18.5 Å². The second-order valence-corrected chi connectivity index (χ2v) is 3.15. The summed E-state index contributed by atoms with van der Waals surface area (Å²) in [6.45, 7) is 6.73. The molecule has 0 saturated carbocycles. The van der Waals surface area contributed by atoms with Crippen molar-refractivity contribution >= 4 is 0 Å². The van der Waals surface area contributed by atoms with E-state index in [1.54, 1.807) is 0 Å². The van der Waals surface area contributed by atoms with Gasteiger partial charge >= 0.3 is 6.10 Å². The van der Waals surface area contributed by atoms with Gasteiger partial charge in [0.05, 0.1) is 6.92 Å². The van der Waals surface area contributed by atoms with Gasteiger partial charge in [0, 0.05) is 5.92 Å². The molecule has 2 unspecified atom stereocenters. The Bertz CT molecular complexity index is 112. The van der Waals surface area contributed by atoms with Crippen molar-refractivity contribution in [2.75, 3.05) is 6.79 Å². The van der Waals surface area contributed by atoms with Crippen LogP contribution in [0.4, 0.5) is 0 Å². The summed E-state index contributed by atoms with van der Waals surface area (Å²) in [6.07, 6.45) is 4.58. The molecule has 2 atom stereocenters. The molecule has 1 heterocycles. The molecule has 1 saturated heterocycles. The highest BCUT2D eigenvalue weighted by Crippen LogP contribution is 2.19. The van der Waals surface area contributed by atoms with Gasteiger partial charge in [-0.05, 0) is 0 Å². The van der Waals surface area contributed by atoms with E-state index in [1.165, 1.54) is 0 Å². The van der Waals surface area contributed by atoms with Gasteiger partial charge in [-0.2, -0.15) is 0 Å². The zero-order valence-corrected chi connectivity index (χ0v) is 7.41. The summed E-state index contributed by atoms with van der Waals surface area (Å²) in [6, 6.07) is 0. The van der Waals surface area contributed by atoms with Crippen molar-refractivity contribution in [1.29, 1.82) is 0 Å². The highest BCUT2D eigenvalue weighted by molar-refractivity contribution is 4.95. The second-order valence-electron chi connectivity index (χ2n) is 3.15. The zero-order chi connectivity index (χ0) is 8.27. The number of hydrogen-bond acceptors (Lipinski definition) is 2. The van der Waals surface area contributed by atoms with Crippen LogP contribution < -0.4 is 0 Å². The summed E-state index contributed by atoms with van der Waals surface area (Å²) in [5.74, 6) is 0.543. The van der Waals surface area contributed by atoms with E-state index in [2.05, 4.69) is 20.3 Å². The normalized spacial score (nSPS) is 31.6. The van der Waals surface area contributed by atoms with Crippen LogP contribution in [0.5, 0.6) is 0 Å². The molecule has 62 valence electrons. The molecule has 0 amide bonds. The van der Waals surface area contributed by atoms with Crippen LogP contribution in [0.1, 0.15) is 20.8 Å². The predicted octanol–water partition coefficient (Wildman–Crippen LogP) is 1.81. The fourth-order valence-corrected chi connectivity index (χ4v) is 1.12. The van der Waals surface area contributed by atoms with E-state index in [1.807, 2.05) is 13.3 Å². The Balaban J connectivity index is 2.33. The zero-order valence-electron chi connectivity index (χ0n) is 7.41. The molecule has 0 radical (unpaired) electrons. The van der Waals surface area contributed by atoms with Crippen molar-refractivity contribution in [3.63, 3.8) is 0 Å². The van der Waals surface area contributed by atoms with Crippen LogP contribution in [-0.4, -0.2) is 19.0 Å². The molecule has 1 aliphatic rings. The molecule has 2 heteroatoms. The van der Waals surface area contributed by atoms with Crippen LogP contribution >= 0.6 is 0 Å². The molecule has 0 aromatic carbocycles. The van der Waals surface area contributed by atoms with Crippen molar-refractivity contribution in [2.24, 2.45) is 5.92 Å². The molecule has 0 spiro atoms. The Hall–Kier alpha value is -0.340. The van der Waals surface area contributed by atoms with Gasteiger partial charge < -0.3 is 4.74 Å². The van der Waals surface area contributed by atoms with E-state index in [4.69, 9.17) is 9.47 Å². The summed E-state index contributed by atoms with van der Waals surface area (Å²) in [4.78, 5) is 0. The largest absolute Gasteiger partial charge is 0.336 e. The van der Waals surface area contributed by atoms with E-state index >= 15 is 0 Å². The summed E-state index contributed by atoms with van der Waals surface area (Å²) in [5.41, 5.74) is 0. The molecule has 2 nitrogen and oxygen atoms in total. The molecule has 1 aliphatic heterocycles. The number of ether oxygens (including phenoxy) is 2. The molecule has 11 heavy (non-hydrogen) atoms. The van der Waals surface area contributed by atoms with Gasteiger partial charge in [-0.25, -0.2) is 0 Å². The molecular weight excluding hydrogens is 140 g/mol. The standard InChI is InChI=1S/C9H16O2/c1-4-8-5-9(7(2)3)11-6-10-8/h4-5,7-9H,6H2,1-3H3/q+2. The van der Waals surface area contributed by atoms with Crippen LogP contribution in [0.15, 0.2) is 0 Å². The van der Waals surface area contributed by atoms with Crippen molar-refractivity contribution in [3.05, 3.63) is 12.8 Å². The Morgan fingerprint density at radius 2 is 2.18 bits per heavy atom. The molecule has 0 aromatic heterocycles. The van der Waals surface area contributed by atoms with E-state index in [9.17, 15) is 0 Å². The molecule has 0 aromatic rings. The lowest BCUT2D eigenvalue weighted by Gasteiger charge is -2.20. The molecule has 1 fully saturated rings. The smallest absolute Gasteiger partial charge is 0.310 e. The minimum Gasteiger partial charge on any atom is -0.310 e. The Kier molecular flexibility index (Phi) is 3.09. The minimum absolute atomic E-state index is 0.177. The Morgan fingerprint density at radius 3 is 2.73 bits per heavy atom. The fourth-order valence-electron chi connectivity index (χ4n) is 1.12. The maximum absolute atomic E-state index is 5.37. The first-order valence-electron chi connectivity index (χ1n) is 4.11. The summed E-state index contributed by atoms with van der Waals surface area (Å²) < 4.78 is 10.6. The molecule has 0 aliphatic carbocycles. The summed E-state index contributed by atoms with van der Waals surface area (Å²) in [7, 11) is 0. The highest BCUT2D eigenvalue weighted by Gasteiger charge is 2.37. The van der Waals surface area contributed by atoms with Gasteiger partial charge in [0.1, 0.15) is 0 Å². The maximum Gasteiger partial charge on any atom is 0.336 e. The van der Waals surface area contributed by atoms with Crippen LogP contribution in [0.2, 0.25) is 0 Å². The van der Waals surface area contributed by atoms with Crippen LogP contribution in [-0.2, 0) is 9.47 Å². The molecule has 0 N–H and O–H groups in total. The predicted molar refractivity (Wildman–Crippen MR) is 43.7 cm³/mol. The third-order valence-electron chi connectivity index (χ3n) is 1.89. The highest BCUT2D eigenvalue weighted by atomic mass is 16.7. The van der Waals surface area contributed by atoms with E-state index in [0.717, 1.165) is 0 Å². The van der Waals surface area contributed by atoms with Gasteiger partial charge in [-0.1, -0.05) is 13.8 Å². The van der Waals surface area contributed by atoms with Crippen molar-refractivity contribution in [2.45, 2.75) is 33.0 Å². The lowest BCUT2D eigenvalue weighted by molar-refractivity contribution is -0.146. The first-order valence-corrected chi connectivity index (χ1v) is 4.11. The van der Waals surface area contributed by atoms with E-state index < -0.39 is 0 Å². The van der Waals surface area contributed by atoms with Crippen molar-refractivity contribution < 1.29 is 9.47 Å². The molecule has 0 bridgehead atoms. The van der Waals surface area contributed by atoms with E-state index in [-0.39, 0.29) is 12.2 Å². The third-order valence-corrected chi connectivity index (χ3v) is 1.89. The summed E-state index contributed by atoms with van der Waals surface area (Å²) in [5, 5.41) is 0. The minimum atomic E-state index is 0.177. The van der Waals surface area contributed by atoms with Crippen LogP contribution in [0, 0.1) is 18.8 Å². The first kappa shape index (κ1) is 8.75. The summed E-state index contributed by atoms with van der Waals surface area (Å²) >= 11 is 0. The van der Waals surface area contributed by atoms with Gasteiger partial charge in [0.25, 0.3) is 0 Å². The van der Waals surface area contributed by atoms with E-state index in [0.29, 0.717) is 12.7 Å². The van der Waals surface area contributed by atoms with Crippen molar-refractivity contribution in [3.8, 4) is 0 Å². The SMILES string of the molecule is C[CH+]C1[CH+]C(C(C)C)OCO1. The first-order chi connectivity index (χ1) is 5.24. The molecular formula is C9H16O2+2. The molecule has 1 rings (SSSR count). The van der Waals surface area contributed by atoms with Crippen LogP contribution in [0.25, 0.3) is 0 Å². The van der Waals surface area contributed by atoms with Crippen LogP contribution in [0.3, 0.4) is 0 Å². The van der Waals surface area contributed by atoms with Gasteiger partial charge in [-0.15, -0.1) is 0 Å². The number of hydrogen-bond donors (Lipinski definition) is 0. The average Bonchev–Trinajstić information content (AvgIpc) is 2.05. The third kappa shape index (κ3) is 2.31. The lowest BCUT2D eigenvalue weighted by Crippen LogP contribution is -2.35. The lowest BCUT2D eigenvalue weighted by atomic mass is 9.99. The Morgan fingerprint density at radius 1 is 1.45 bits per heavy atom.